The molecular formula is C21H25N4+. The van der Waals surface area contributed by atoms with Crippen LogP contribution in [-0.4, -0.2) is 33.6 Å². The second-order valence-corrected chi connectivity index (χ2v) is 6.51. The number of hydrogen-bond acceptors (Lipinski definition) is 1. The summed E-state index contributed by atoms with van der Waals surface area (Å²) < 4.78 is 4.61. The van der Waals surface area contributed by atoms with Gasteiger partial charge in [-0.15, -0.1) is 0 Å². The predicted molar refractivity (Wildman–Crippen MR) is 103 cm³/mol. The lowest BCUT2D eigenvalue weighted by atomic mass is 10.2. The van der Waals surface area contributed by atoms with E-state index in [9.17, 15) is 0 Å². The number of nitrogens with one attached hydrogen (secondary N) is 1. The van der Waals surface area contributed by atoms with Crippen LogP contribution in [0.2, 0.25) is 0 Å². The van der Waals surface area contributed by atoms with Crippen molar-refractivity contribution < 1.29 is 4.90 Å². The number of benzene rings is 2. The van der Waals surface area contributed by atoms with Gasteiger partial charge in [0.1, 0.15) is 0 Å². The molecule has 2 aromatic heterocycles. The molecule has 0 spiro atoms. The van der Waals surface area contributed by atoms with Crippen molar-refractivity contribution in [1.82, 2.24) is 14.0 Å². The Morgan fingerprint density at radius 1 is 0.920 bits per heavy atom. The summed E-state index contributed by atoms with van der Waals surface area (Å²) in [7, 11) is 0. The van der Waals surface area contributed by atoms with Crippen LogP contribution < -0.4 is 4.90 Å². The summed E-state index contributed by atoms with van der Waals surface area (Å²) >= 11 is 0. The first-order valence-electron chi connectivity index (χ1n) is 9.17. The fraction of sp³-hybridized carbons (Fsp3) is 0.286. The number of fused-ring (bicyclic) bond motifs is 3. The number of imidazole rings is 2. The van der Waals surface area contributed by atoms with Crippen LogP contribution in [0.25, 0.3) is 28.1 Å². The van der Waals surface area contributed by atoms with E-state index in [1.807, 2.05) is 0 Å². The van der Waals surface area contributed by atoms with Gasteiger partial charge in [-0.05, 0) is 31.5 Å². The van der Waals surface area contributed by atoms with Gasteiger partial charge in [-0.25, -0.2) is 4.98 Å². The van der Waals surface area contributed by atoms with E-state index in [1.54, 1.807) is 4.90 Å². The van der Waals surface area contributed by atoms with Gasteiger partial charge in [0.2, 0.25) is 5.78 Å². The second kappa shape index (κ2) is 6.73. The van der Waals surface area contributed by atoms with Crippen LogP contribution in [0.3, 0.4) is 0 Å². The monoisotopic (exact) mass is 333 g/mol. The third kappa shape index (κ3) is 2.83. The van der Waals surface area contributed by atoms with Gasteiger partial charge < -0.3 is 9.47 Å². The number of nitrogens with zero attached hydrogens (tertiary/aromatic N) is 3. The Kier molecular flexibility index (Phi) is 4.28. The third-order valence-electron chi connectivity index (χ3n) is 5.12. The van der Waals surface area contributed by atoms with Gasteiger partial charge in [0, 0.05) is 6.20 Å². The lowest BCUT2D eigenvalue weighted by Gasteiger charge is -2.16. The van der Waals surface area contributed by atoms with Crippen LogP contribution in [0, 0.1) is 0 Å². The van der Waals surface area contributed by atoms with Crippen molar-refractivity contribution in [3.8, 4) is 11.3 Å². The maximum atomic E-state index is 4.91. The summed E-state index contributed by atoms with van der Waals surface area (Å²) in [6.45, 7) is 8.91. The van der Waals surface area contributed by atoms with Crippen molar-refractivity contribution in [1.29, 1.82) is 0 Å². The summed E-state index contributed by atoms with van der Waals surface area (Å²) in [6, 6.07) is 19.0. The van der Waals surface area contributed by atoms with Crippen LogP contribution >= 0.6 is 0 Å². The van der Waals surface area contributed by atoms with E-state index < -0.39 is 0 Å². The smallest absolute Gasteiger partial charge is 0.215 e. The Balaban J connectivity index is 1.86. The normalized spacial score (nSPS) is 11.8. The highest BCUT2D eigenvalue weighted by Crippen LogP contribution is 2.26. The molecule has 0 aliphatic heterocycles. The van der Waals surface area contributed by atoms with E-state index in [0.717, 1.165) is 37.5 Å². The van der Waals surface area contributed by atoms with Gasteiger partial charge in [-0.3, -0.25) is 4.40 Å². The van der Waals surface area contributed by atoms with E-state index >= 15 is 0 Å². The number of aromatic nitrogens is 3. The van der Waals surface area contributed by atoms with Crippen molar-refractivity contribution >= 4 is 16.8 Å². The first-order chi connectivity index (χ1) is 12.3. The zero-order chi connectivity index (χ0) is 17.2. The van der Waals surface area contributed by atoms with Gasteiger partial charge in [-0.1, -0.05) is 42.5 Å². The predicted octanol–water partition coefficient (Wildman–Crippen LogP) is 2.88. The molecule has 0 unspecified atom stereocenters. The molecule has 0 aliphatic carbocycles. The van der Waals surface area contributed by atoms with E-state index in [2.05, 4.69) is 83.6 Å². The zero-order valence-corrected chi connectivity index (χ0v) is 14.9. The summed E-state index contributed by atoms with van der Waals surface area (Å²) in [4.78, 5) is 6.52. The van der Waals surface area contributed by atoms with Gasteiger partial charge >= 0.3 is 0 Å². The van der Waals surface area contributed by atoms with Crippen molar-refractivity contribution in [2.45, 2.75) is 20.4 Å². The Hall–Kier alpha value is -2.59. The average Bonchev–Trinajstić information content (AvgIpc) is 3.20. The maximum absolute atomic E-state index is 4.91. The minimum Gasteiger partial charge on any atom is -0.334 e. The van der Waals surface area contributed by atoms with E-state index in [4.69, 9.17) is 4.98 Å². The minimum atomic E-state index is 0.973. The highest BCUT2D eigenvalue weighted by molar-refractivity contribution is 5.81. The van der Waals surface area contributed by atoms with E-state index in [-0.39, 0.29) is 0 Å². The third-order valence-corrected chi connectivity index (χ3v) is 5.12. The van der Waals surface area contributed by atoms with E-state index in [1.165, 1.54) is 16.8 Å². The number of likely N-dealkylation sites (N-methyl/N-ethyl adjacent to an activating group) is 1. The van der Waals surface area contributed by atoms with Crippen LogP contribution in [0.1, 0.15) is 13.8 Å². The molecule has 2 aromatic carbocycles. The molecule has 0 saturated heterocycles. The fourth-order valence-corrected chi connectivity index (χ4v) is 3.58. The second-order valence-electron chi connectivity index (χ2n) is 6.51. The largest absolute Gasteiger partial charge is 0.334 e. The lowest BCUT2D eigenvalue weighted by molar-refractivity contribution is -0.897. The summed E-state index contributed by atoms with van der Waals surface area (Å²) in [5, 5.41) is 0. The van der Waals surface area contributed by atoms with E-state index in [0.29, 0.717) is 0 Å². The van der Waals surface area contributed by atoms with Crippen molar-refractivity contribution in [2.75, 3.05) is 19.6 Å². The van der Waals surface area contributed by atoms with Crippen LogP contribution in [-0.2, 0) is 6.54 Å². The van der Waals surface area contributed by atoms with Crippen molar-refractivity contribution in [2.24, 2.45) is 0 Å². The van der Waals surface area contributed by atoms with Gasteiger partial charge in [-0.2, -0.15) is 0 Å². The molecule has 4 heteroatoms. The molecule has 4 nitrogen and oxygen atoms in total. The molecule has 128 valence electrons. The summed E-state index contributed by atoms with van der Waals surface area (Å²) in [6.07, 6.45) is 2.23. The molecule has 25 heavy (non-hydrogen) atoms. The standard InChI is InChI=1S/C21H24N4/c1-3-23(4-2)14-15-24-20(17-10-6-5-7-11-17)16-25-19-13-9-8-12-18(19)22-21(24)25/h5-13,16H,3-4,14-15H2,1-2H3/p+1. The molecule has 4 rings (SSSR count). The SMILES string of the molecule is CC[NH+](CC)CCn1c(-c2ccccc2)cn2c3ccccc3nc12. The van der Waals surface area contributed by atoms with Crippen LogP contribution in [0.4, 0.5) is 0 Å². The van der Waals surface area contributed by atoms with Crippen molar-refractivity contribution in [3.63, 3.8) is 0 Å². The molecule has 0 fully saturated rings. The van der Waals surface area contributed by atoms with Gasteiger partial charge in [0.25, 0.3) is 0 Å². The maximum Gasteiger partial charge on any atom is 0.215 e. The molecular weight excluding hydrogens is 308 g/mol. The average molecular weight is 333 g/mol. The highest BCUT2D eigenvalue weighted by atomic mass is 15.2. The molecule has 0 radical (unpaired) electrons. The highest BCUT2D eigenvalue weighted by Gasteiger charge is 2.16. The van der Waals surface area contributed by atoms with Gasteiger partial charge in [0.15, 0.2) is 0 Å². The molecule has 0 saturated carbocycles. The Morgan fingerprint density at radius 3 is 2.40 bits per heavy atom. The Labute approximate surface area is 148 Å². The number of para-hydroxylation sites is 2. The Morgan fingerprint density at radius 2 is 1.64 bits per heavy atom. The quantitative estimate of drug-likeness (QED) is 0.577. The topological polar surface area (TPSA) is 26.7 Å². The van der Waals surface area contributed by atoms with Crippen LogP contribution in [0.15, 0.2) is 60.8 Å². The molecule has 0 amide bonds. The number of quaternary nitrogens is 1. The molecule has 4 aromatic rings. The first-order valence-corrected chi connectivity index (χ1v) is 9.17. The first kappa shape index (κ1) is 15.9. The summed E-state index contributed by atoms with van der Waals surface area (Å²) in [5.74, 6) is 1.03. The summed E-state index contributed by atoms with van der Waals surface area (Å²) in [5.41, 5.74) is 4.71. The van der Waals surface area contributed by atoms with Crippen molar-refractivity contribution in [3.05, 3.63) is 60.8 Å². The molecule has 0 aliphatic rings. The molecule has 2 heterocycles. The zero-order valence-electron chi connectivity index (χ0n) is 14.9. The molecule has 1 N–H and O–H groups in total. The van der Waals surface area contributed by atoms with Gasteiger partial charge in [0.05, 0.1) is 42.9 Å². The lowest BCUT2D eigenvalue weighted by Crippen LogP contribution is -3.11. The minimum absolute atomic E-state index is 0.973. The van der Waals surface area contributed by atoms with Crippen LogP contribution in [0.5, 0.6) is 0 Å². The molecule has 0 bridgehead atoms. The number of hydrogen-bond donors (Lipinski definition) is 1. The Bertz CT molecular complexity index is 977. The number of rotatable bonds is 6. The fourth-order valence-electron chi connectivity index (χ4n) is 3.58. The molecule has 0 atom stereocenters.